The molecule has 0 saturated heterocycles. The van der Waals surface area contributed by atoms with Crippen LogP contribution in [0.1, 0.15) is 33.9 Å². The third kappa shape index (κ3) is 5.92. The van der Waals surface area contributed by atoms with Crippen LogP contribution in [0.3, 0.4) is 0 Å². The number of ether oxygens (including phenoxy) is 1. The number of nitrogens with two attached hydrogens (primary N) is 1. The van der Waals surface area contributed by atoms with Crippen LogP contribution in [0.4, 0.5) is 0 Å². The number of thiazole rings is 1. The second kappa shape index (κ2) is 9.78. The number of benzene rings is 2. The molecule has 3 N–H and O–H groups in total. The Labute approximate surface area is 194 Å². The first-order chi connectivity index (χ1) is 15.0. The summed E-state index contributed by atoms with van der Waals surface area (Å²) in [4.78, 5) is 29.3. The van der Waals surface area contributed by atoms with E-state index in [0.717, 1.165) is 5.56 Å². The van der Waals surface area contributed by atoms with Gasteiger partial charge in [0.1, 0.15) is 9.88 Å². The average molecular weight is 494 g/mol. The highest BCUT2D eigenvalue weighted by molar-refractivity contribution is 7.89. The van der Waals surface area contributed by atoms with E-state index in [1.54, 1.807) is 50.2 Å². The number of rotatable bonds is 7. The Bertz CT molecular complexity index is 1240. The number of nitrogens with one attached hydrogen (secondary N) is 1. The van der Waals surface area contributed by atoms with Gasteiger partial charge in [0, 0.05) is 10.6 Å². The molecule has 0 aliphatic heterocycles. The molecule has 0 aliphatic rings. The van der Waals surface area contributed by atoms with Crippen molar-refractivity contribution >= 4 is 44.8 Å². The summed E-state index contributed by atoms with van der Waals surface area (Å²) < 4.78 is 27.8. The highest BCUT2D eigenvalue weighted by Crippen LogP contribution is 2.29. The second-order valence-electron chi connectivity index (χ2n) is 6.92. The number of carbonyl (C=O) groups excluding carboxylic acids is 2. The summed E-state index contributed by atoms with van der Waals surface area (Å²) in [6.07, 6.45) is 0. The number of amides is 1. The van der Waals surface area contributed by atoms with Crippen LogP contribution in [-0.4, -0.2) is 31.9 Å². The topological polar surface area (TPSA) is 128 Å². The maximum atomic E-state index is 12.4. The van der Waals surface area contributed by atoms with E-state index in [2.05, 4.69) is 10.3 Å². The van der Waals surface area contributed by atoms with Crippen molar-refractivity contribution in [3.63, 3.8) is 0 Å². The lowest BCUT2D eigenvalue weighted by Gasteiger charge is -2.14. The van der Waals surface area contributed by atoms with Gasteiger partial charge >= 0.3 is 5.97 Å². The molecule has 0 spiro atoms. The van der Waals surface area contributed by atoms with Gasteiger partial charge < -0.3 is 10.1 Å². The average Bonchev–Trinajstić information content (AvgIpc) is 3.13. The van der Waals surface area contributed by atoms with Crippen molar-refractivity contribution in [2.75, 3.05) is 6.61 Å². The zero-order chi connectivity index (χ0) is 23.5. The van der Waals surface area contributed by atoms with E-state index in [4.69, 9.17) is 21.5 Å². The molecule has 1 atom stereocenters. The molecule has 0 radical (unpaired) electrons. The molecule has 0 bridgehead atoms. The number of aryl methyl sites for hydroxylation is 1. The maximum absolute atomic E-state index is 12.4. The minimum atomic E-state index is -3.79. The molecule has 2 aromatic carbocycles. The molecule has 0 aliphatic carbocycles. The van der Waals surface area contributed by atoms with Gasteiger partial charge in [0.05, 0.1) is 16.6 Å². The van der Waals surface area contributed by atoms with E-state index < -0.39 is 34.5 Å². The van der Waals surface area contributed by atoms with E-state index in [9.17, 15) is 18.0 Å². The Kier molecular flexibility index (Phi) is 7.29. The summed E-state index contributed by atoms with van der Waals surface area (Å²) in [5, 5.41) is 9.01. The quantitative estimate of drug-likeness (QED) is 0.485. The van der Waals surface area contributed by atoms with Crippen molar-refractivity contribution in [1.29, 1.82) is 0 Å². The van der Waals surface area contributed by atoms with Crippen molar-refractivity contribution in [2.24, 2.45) is 5.14 Å². The SMILES string of the molecule is Cc1nc(-c2ccc(Cl)cc2)sc1C(=O)OCC(=O)NC(C)c1ccc(S(N)(=O)=O)cc1. The molecule has 3 aromatic rings. The summed E-state index contributed by atoms with van der Waals surface area (Å²) in [6, 6.07) is 12.5. The number of halogens is 1. The molecule has 1 unspecified atom stereocenters. The molecule has 0 saturated carbocycles. The first kappa shape index (κ1) is 23.9. The molecule has 11 heteroatoms. The van der Waals surface area contributed by atoms with Crippen LogP contribution in [0.5, 0.6) is 0 Å². The van der Waals surface area contributed by atoms with Gasteiger partial charge in [-0.25, -0.2) is 23.3 Å². The standard InChI is InChI=1S/C21H20ClN3O5S2/c1-12(14-5-9-17(10-6-14)32(23,28)29)24-18(26)11-30-21(27)19-13(2)25-20(31-19)15-3-7-16(22)8-4-15/h3-10,12H,11H2,1-2H3,(H,24,26)(H2,23,28,29). The summed E-state index contributed by atoms with van der Waals surface area (Å²) in [5.74, 6) is -1.14. The van der Waals surface area contributed by atoms with Gasteiger partial charge in [-0.3, -0.25) is 4.79 Å². The number of carbonyl (C=O) groups is 2. The lowest BCUT2D eigenvalue weighted by atomic mass is 10.1. The highest BCUT2D eigenvalue weighted by Gasteiger charge is 2.19. The first-order valence-electron chi connectivity index (χ1n) is 9.37. The first-order valence-corrected chi connectivity index (χ1v) is 12.1. The molecule has 0 fully saturated rings. The molecule has 168 valence electrons. The monoisotopic (exact) mass is 493 g/mol. The van der Waals surface area contributed by atoms with Gasteiger partial charge in [-0.2, -0.15) is 0 Å². The van der Waals surface area contributed by atoms with Crippen LogP contribution in [-0.2, 0) is 19.6 Å². The Morgan fingerprint density at radius 3 is 2.38 bits per heavy atom. The van der Waals surface area contributed by atoms with Crippen molar-refractivity contribution in [3.05, 3.63) is 69.7 Å². The van der Waals surface area contributed by atoms with Crippen LogP contribution in [0.2, 0.25) is 5.02 Å². The molecule has 1 heterocycles. The van der Waals surface area contributed by atoms with Gasteiger partial charge in [-0.15, -0.1) is 11.3 Å². The number of aromatic nitrogens is 1. The predicted molar refractivity (Wildman–Crippen MR) is 122 cm³/mol. The van der Waals surface area contributed by atoms with Gasteiger partial charge in [0.2, 0.25) is 10.0 Å². The van der Waals surface area contributed by atoms with Gasteiger partial charge in [-0.1, -0.05) is 35.9 Å². The fourth-order valence-corrected chi connectivity index (χ4v) is 4.42. The zero-order valence-electron chi connectivity index (χ0n) is 17.2. The molecular formula is C21H20ClN3O5S2. The van der Waals surface area contributed by atoms with E-state index in [1.807, 2.05) is 0 Å². The van der Waals surface area contributed by atoms with E-state index >= 15 is 0 Å². The van der Waals surface area contributed by atoms with E-state index in [1.165, 1.54) is 23.5 Å². The molecule has 32 heavy (non-hydrogen) atoms. The third-order valence-electron chi connectivity index (χ3n) is 4.49. The predicted octanol–water partition coefficient (Wildman–Crippen LogP) is 3.45. The van der Waals surface area contributed by atoms with Crippen molar-refractivity contribution < 1.29 is 22.7 Å². The van der Waals surface area contributed by atoms with Crippen LogP contribution < -0.4 is 10.5 Å². The van der Waals surface area contributed by atoms with E-state index in [-0.39, 0.29) is 4.90 Å². The Morgan fingerprint density at radius 2 is 1.78 bits per heavy atom. The Hall–Kier alpha value is -2.79. The molecular weight excluding hydrogens is 474 g/mol. The third-order valence-corrected chi connectivity index (χ3v) is 6.86. The van der Waals surface area contributed by atoms with Gasteiger partial charge in [0.15, 0.2) is 6.61 Å². The number of nitrogens with zero attached hydrogens (tertiary/aromatic N) is 1. The Balaban J connectivity index is 1.58. The fourth-order valence-electron chi connectivity index (χ4n) is 2.81. The summed E-state index contributed by atoms with van der Waals surface area (Å²) in [6.45, 7) is 2.95. The van der Waals surface area contributed by atoms with Crippen molar-refractivity contribution in [1.82, 2.24) is 10.3 Å². The number of primary sulfonamides is 1. The Morgan fingerprint density at radius 1 is 1.16 bits per heavy atom. The minimum Gasteiger partial charge on any atom is -0.451 e. The number of sulfonamides is 1. The largest absolute Gasteiger partial charge is 0.451 e. The second-order valence-corrected chi connectivity index (χ2v) is 9.92. The zero-order valence-corrected chi connectivity index (χ0v) is 19.6. The number of hydrogen-bond donors (Lipinski definition) is 2. The lowest BCUT2D eigenvalue weighted by Crippen LogP contribution is -2.31. The van der Waals surface area contributed by atoms with E-state index in [0.29, 0.717) is 26.2 Å². The molecule has 1 aromatic heterocycles. The lowest BCUT2D eigenvalue weighted by molar-refractivity contribution is -0.124. The smallest absolute Gasteiger partial charge is 0.350 e. The summed E-state index contributed by atoms with van der Waals surface area (Å²) in [7, 11) is -3.79. The van der Waals surface area contributed by atoms with Crippen LogP contribution in [0.25, 0.3) is 10.6 Å². The fraction of sp³-hybridized carbons (Fsp3) is 0.190. The molecule has 3 rings (SSSR count). The molecule has 8 nitrogen and oxygen atoms in total. The maximum Gasteiger partial charge on any atom is 0.350 e. The highest BCUT2D eigenvalue weighted by atomic mass is 35.5. The van der Waals surface area contributed by atoms with Crippen LogP contribution >= 0.6 is 22.9 Å². The number of esters is 1. The van der Waals surface area contributed by atoms with Crippen LogP contribution in [0, 0.1) is 6.92 Å². The normalized spacial score (nSPS) is 12.2. The minimum absolute atomic E-state index is 0.0217. The van der Waals surface area contributed by atoms with Crippen LogP contribution in [0.15, 0.2) is 53.4 Å². The van der Waals surface area contributed by atoms with Crippen molar-refractivity contribution in [3.8, 4) is 10.6 Å². The van der Waals surface area contributed by atoms with Gasteiger partial charge in [0.25, 0.3) is 5.91 Å². The summed E-state index contributed by atoms with van der Waals surface area (Å²) >= 11 is 7.07. The van der Waals surface area contributed by atoms with Crippen molar-refractivity contribution in [2.45, 2.75) is 24.8 Å². The summed E-state index contributed by atoms with van der Waals surface area (Å²) in [5.41, 5.74) is 2.00. The number of hydrogen-bond acceptors (Lipinski definition) is 7. The van der Waals surface area contributed by atoms with Gasteiger partial charge in [-0.05, 0) is 43.7 Å². The molecule has 1 amide bonds.